The summed E-state index contributed by atoms with van der Waals surface area (Å²) in [5.74, 6) is -1.27. The topological polar surface area (TPSA) is 128 Å². The van der Waals surface area contributed by atoms with E-state index in [9.17, 15) is 24.2 Å². The molecule has 0 saturated heterocycles. The first kappa shape index (κ1) is 20.5. The number of cyclic esters (lactones) is 1. The van der Waals surface area contributed by atoms with Gasteiger partial charge in [0.15, 0.2) is 5.60 Å². The zero-order valence-corrected chi connectivity index (χ0v) is 18.1. The zero-order valence-electron chi connectivity index (χ0n) is 18.1. The van der Waals surface area contributed by atoms with Crippen LogP contribution in [0.5, 0.6) is 0 Å². The zero-order chi connectivity index (χ0) is 23.4. The van der Waals surface area contributed by atoms with Crippen LogP contribution >= 0.6 is 0 Å². The quantitative estimate of drug-likeness (QED) is 0.378. The third kappa shape index (κ3) is 2.41. The Balaban J connectivity index is 1.71. The summed E-state index contributed by atoms with van der Waals surface area (Å²) in [5, 5.41) is 22.3. The van der Waals surface area contributed by atoms with Crippen LogP contribution in [0.4, 0.5) is 4.39 Å². The highest BCUT2D eigenvalue weighted by Gasteiger charge is 2.46. The molecule has 3 unspecified atom stereocenters. The molecule has 0 spiro atoms. The van der Waals surface area contributed by atoms with Gasteiger partial charge in [-0.2, -0.15) is 0 Å². The first-order chi connectivity index (χ1) is 15.7. The summed E-state index contributed by atoms with van der Waals surface area (Å²) in [4.78, 5) is 30.4. The SMILES string of the molecule is CCC1(O)C(=O)OCc2c1cc1n(c2=O)Cc2c-1nc1cc(F)c(C)c3c1c2C(N)CC3O. The number of hydrogen-bond acceptors (Lipinski definition) is 7. The molecule has 0 fully saturated rings. The monoisotopic (exact) mass is 451 g/mol. The molecule has 3 aliphatic rings. The number of rotatable bonds is 1. The molecular weight excluding hydrogens is 429 g/mol. The molecule has 0 amide bonds. The van der Waals surface area contributed by atoms with Crippen molar-refractivity contribution in [3.63, 3.8) is 0 Å². The fourth-order valence-electron chi connectivity index (χ4n) is 5.68. The summed E-state index contributed by atoms with van der Waals surface area (Å²) in [6, 6.07) is 2.42. The first-order valence-electron chi connectivity index (χ1n) is 10.9. The lowest BCUT2D eigenvalue weighted by Gasteiger charge is -2.31. The third-order valence-electron chi connectivity index (χ3n) is 7.45. The first-order valence-corrected chi connectivity index (χ1v) is 10.9. The predicted octanol–water partition coefficient (Wildman–Crippen LogP) is 1.96. The van der Waals surface area contributed by atoms with Crippen LogP contribution in [0.15, 0.2) is 16.9 Å². The van der Waals surface area contributed by atoms with Crippen molar-refractivity contribution in [1.29, 1.82) is 0 Å². The van der Waals surface area contributed by atoms with Gasteiger partial charge in [0, 0.05) is 28.6 Å². The van der Waals surface area contributed by atoms with Gasteiger partial charge in [-0.3, -0.25) is 4.79 Å². The van der Waals surface area contributed by atoms with Gasteiger partial charge in [-0.05, 0) is 42.5 Å². The van der Waals surface area contributed by atoms with Crippen molar-refractivity contribution in [2.24, 2.45) is 5.73 Å². The number of esters is 1. The van der Waals surface area contributed by atoms with Gasteiger partial charge < -0.3 is 25.3 Å². The van der Waals surface area contributed by atoms with Crippen LogP contribution < -0.4 is 11.3 Å². The number of carbonyl (C=O) groups excluding carboxylic acids is 1. The molecule has 3 atom stereocenters. The number of hydrogen-bond donors (Lipinski definition) is 3. The van der Waals surface area contributed by atoms with Crippen LogP contribution in [-0.4, -0.2) is 25.7 Å². The Hall–Kier alpha value is -3.14. The van der Waals surface area contributed by atoms with E-state index in [0.29, 0.717) is 33.4 Å². The number of pyridine rings is 2. The maximum atomic E-state index is 14.7. The smallest absolute Gasteiger partial charge is 0.343 e. The van der Waals surface area contributed by atoms with Gasteiger partial charge in [-0.1, -0.05) is 6.92 Å². The maximum Gasteiger partial charge on any atom is 0.343 e. The van der Waals surface area contributed by atoms with Crippen LogP contribution in [0.1, 0.15) is 65.3 Å². The highest BCUT2D eigenvalue weighted by Crippen LogP contribution is 2.47. The molecule has 0 saturated carbocycles. The molecule has 0 radical (unpaired) electrons. The van der Waals surface area contributed by atoms with Crippen molar-refractivity contribution in [1.82, 2.24) is 9.55 Å². The fourth-order valence-corrected chi connectivity index (χ4v) is 5.68. The lowest BCUT2D eigenvalue weighted by Crippen LogP contribution is -2.44. The Labute approximate surface area is 187 Å². The minimum atomic E-state index is -1.92. The predicted molar refractivity (Wildman–Crippen MR) is 116 cm³/mol. The van der Waals surface area contributed by atoms with E-state index in [1.54, 1.807) is 19.9 Å². The molecule has 2 aromatic heterocycles. The number of benzene rings is 1. The van der Waals surface area contributed by atoms with Crippen molar-refractivity contribution >= 4 is 16.9 Å². The summed E-state index contributed by atoms with van der Waals surface area (Å²) in [6.07, 6.45) is -0.642. The van der Waals surface area contributed by atoms with Crippen LogP contribution in [0.25, 0.3) is 22.3 Å². The average molecular weight is 451 g/mol. The normalized spacial score (nSPS) is 25.0. The van der Waals surface area contributed by atoms with E-state index in [0.717, 1.165) is 11.1 Å². The van der Waals surface area contributed by atoms with Gasteiger partial charge in [0.1, 0.15) is 12.4 Å². The van der Waals surface area contributed by atoms with Crippen LogP contribution in [-0.2, 0) is 28.3 Å². The minimum Gasteiger partial charge on any atom is -0.458 e. The molecular formula is C24H22FN3O5. The summed E-state index contributed by atoms with van der Waals surface area (Å²) in [6.45, 7) is 3.25. The van der Waals surface area contributed by atoms with Crippen LogP contribution in [0.2, 0.25) is 0 Å². The van der Waals surface area contributed by atoms with Gasteiger partial charge >= 0.3 is 5.97 Å². The van der Waals surface area contributed by atoms with Crippen molar-refractivity contribution in [2.75, 3.05) is 0 Å². The number of nitrogens with zero attached hydrogens (tertiary/aromatic N) is 2. The second-order valence-corrected chi connectivity index (χ2v) is 9.10. The second-order valence-electron chi connectivity index (χ2n) is 9.10. The number of aromatic nitrogens is 2. The Morgan fingerprint density at radius 2 is 2.06 bits per heavy atom. The summed E-state index contributed by atoms with van der Waals surface area (Å²) in [5.41, 5.74) is 8.20. The molecule has 8 nitrogen and oxygen atoms in total. The van der Waals surface area contributed by atoms with Crippen molar-refractivity contribution in [3.8, 4) is 11.4 Å². The van der Waals surface area contributed by atoms with E-state index in [2.05, 4.69) is 4.98 Å². The molecule has 1 aromatic carbocycles. The maximum absolute atomic E-state index is 14.7. The fraction of sp³-hybridized carbons (Fsp3) is 0.375. The molecule has 9 heteroatoms. The molecule has 0 bridgehead atoms. The number of ether oxygens (including phenoxy) is 1. The summed E-state index contributed by atoms with van der Waals surface area (Å²) in [7, 11) is 0. The average Bonchev–Trinajstić information content (AvgIpc) is 3.14. The van der Waals surface area contributed by atoms with Gasteiger partial charge in [-0.25, -0.2) is 14.2 Å². The van der Waals surface area contributed by atoms with E-state index in [1.807, 2.05) is 0 Å². The summed E-state index contributed by atoms with van der Waals surface area (Å²) >= 11 is 0. The van der Waals surface area contributed by atoms with Crippen LogP contribution in [0.3, 0.4) is 0 Å². The summed E-state index contributed by atoms with van der Waals surface area (Å²) < 4.78 is 21.4. The number of fused-ring (bicyclic) bond motifs is 5. The van der Waals surface area contributed by atoms with E-state index in [1.165, 1.54) is 10.6 Å². The van der Waals surface area contributed by atoms with Gasteiger partial charge in [-0.15, -0.1) is 0 Å². The molecule has 2 aliphatic heterocycles. The number of aliphatic hydroxyl groups excluding tert-OH is 1. The van der Waals surface area contributed by atoms with E-state index >= 15 is 0 Å². The Morgan fingerprint density at radius 3 is 2.79 bits per heavy atom. The Morgan fingerprint density at radius 1 is 1.30 bits per heavy atom. The highest BCUT2D eigenvalue weighted by molar-refractivity contribution is 5.93. The number of halogens is 1. The van der Waals surface area contributed by atoms with E-state index < -0.39 is 29.5 Å². The van der Waals surface area contributed by atoms with Gasteiger partial charge in [0.05, 0.1) is 35.1 Å². The number of aliphatic hydroxyl groups is 2. The standard InChI is InChI=1S/C24H22FN3O5/c1-3-24(32)12-4-16-21-10(7-28(16)22(30)11(12)8-33-23(24)31)19-14(26)6-17(29)18-9(2)13(25)5-15(27-21)20(18)19/h4-5,14,17,29,32H,3,6-8,26H2,1-2H3. The third-order valence-corrected chi connectivity index (χ3v) is 7.45. The largest absolute Gasteiger partial charge is 0.458 e. The molecule has 4 N–H and O–H groups in total. The lowest BCUT2D eigenvalue weighted by molar-refractivity contribution is -0.172. The van der Waals surface area contributed by atoms with Gasteiger partial charge in [0.25, 0.3) is 5.56 Å². The molecule has 1 aliphatic carbocycles. The lowest BCUT2D eigenvalue weighted by atomic mass is 9.80. The van der Waals surface area contributed by atoms with E-state index in [4.69, 9.17) is 10.5 Å². The van der Waals surface area contributed by atoms with E-state index in [-0.39, 0.29) is 42.7 Å². The number of nitrogens with two attached hydrogens (primary N) is 1. The van der Waals surface area contributed by atoms with Gasteiger partial charge in [0.2, 0.25) is 0 Å². The van der Waals surface area contributed by atoms with Crippen LogP contribution in [0, 0.1) is 12.7 Å². The molecule has 170 valence electrons. The second kappa shape index (κ2) is 6.47. The molecule has 3 aromatic rings. The number of carbonyl (C=O) groups is 1. The molecule has 4 heterocycles. The Bertz CT molecular complexity index is 1480. The Kier molecular flexibility index (Phi) is 4.01. The highest BCUT2D eigenvalue weighted by atomic mass is 19.1. The molecule has 6 rings (SSSR count). The molecule has 33 heavy (non-hydrogen) atoms. The van der Waals surface area contributed by atoms with Crippen molar-refractivity contribution in [3.05, 3.63) is 61.7 Å². The minimum absolute atomic E-state index is 0.0432. The van der Waals surface area contributed by atoms with Crippen molar-refractivity contribution < 1.29 is 24.1 Å². The van der Waals surface area contributed by atoms with Crippen molar-refractivity contribution in [2.45, 2.75) is 57.6 Å².